The molecule has 1 saturated heterocycles. The minimum atomic E-state index is -0.823. The largest absolute Gasteiger partial charge is 0.507 e. The number of carbonyl (C=O) groups is 2. The number of likely N-dealkylation sites (tertiary alicyclic amines) is 1. The molecule has 2 aliphatic rings. The van der Waals surface area contributed by atoms with E-state index in [0.717, 1.165) is 5.56 Å². The summed E-state index contributed by atoms with van der Waals surface area (Å²) in [7, 11) is 1.53. The lowest BCUT2D eigenvalue weighted by atomic mass is 9.94. The first-order chi connectivity index (χ1) is 18.5. The highest BCUT2D eigenvalue weighted by Crippen LogP contribution is 2.43. The molecule has 0 saturated carbocycles. The number of methoxy groups -OCH3 is 1. The molecule has 0 aliphatic carbocycles. The fraction of sp³-hybridized carbons (Fsp3) is 0.267. The molecule has 0 aromatic heterocycles. The molecule has 3 aromatic carbocycles. The molecule has 196 valence electrons. The maximum absolute atomic E-state index is 13.4. The second-order valence-electron chi connectivity index (χ2n) is 8.93. The Morgan fingerprint density at radius 2 is 1.74 bits per heavy atom. The zero-order chi connectivity index (χ0) is 26.6. The van der Waals surface area contributed by atoms with Crippen LogP contribution in [0.5, 0.6) is 23.0 Å². The first kappa shape index (κ1) is 25.2. The topological polar surface area (TPSA) is 94.5 Å². The van der Waals surface area contributed by atoms with E-state index in [1.807, 2.05) is 37.3 Å². The molecule has 2 heterocycles. The van der Waals surface area contributed by atoms with E-state index < -0.39 is 17.7 Å². The van der Waals surface area contributed by atoms with Gasteiger partial charge in [-0.15, -0.1) is 0 Å². The van der Waals surface area contributed by atoms with E-state index in [1.54, 1.807) is 36.4 Å². The fourth-order valence-electron chi connectivity index (χ4n) is 4.83. The van der Waals surface area contributed by atoms with Gasteiger partial charge in [0.05, 0.1) is 25.3 Å². The molecule has 1 amide bonds. The third-order valence-electron chi connectivity index (χ3n) is 6.64. The summed E-state index contributed by atoms with van der Waals surface area (Å²) in [6.07, 6.45) is 0.544. The summed E-state index contributed by atoms with van der Waals surface area (Å²) in [4.78, 5) is 28.3. The van der Waals surface area contributed by atoms with Gasteiger partial charge in [-0.05, 0) is 54.8 Å². The predicted octanol–water partition coefficient (Wildman–Crippen LogP) is 4.53. The van der Waals surface area contributed by atoms with Crippen LogP contribution >= 0.6 is 0 Å². The Morgan fingerprint density at radius 1 is 0.974 bits per heavy atom. The molecule has 5 rings (SSSR count). The van der Waals surface area contributed by atoms with E-state index in [2.05, 4.69) is 0 Å². The van der Waals surface area contributed by atoms with Crippen molar-refractivity contribution in [3.8, 4) is 23.0 Å². The Labute approximate surface area is 221 Å². The summed E-state index contributed by atoms with van der Waals surface area (Å²) in [6, 6.07) is 19.1. The van der Waals surface area contributed by atoms with Gasteiger partial charge in [-0.1, -0.05) is 36.4 Å². The Morgan fingerprint density at radius 3 is 2.47 bits per heavy atom. The lowest BCUT2D eigenvalue weighted by molar-refractivity contribution is -0.139. The molecule has 1 atom stereocenters. The number of ether oxygens (including phenoxy) is 4. The highest BCUT2D eigenvalue weighted by Gasteiger charge is 2.46. The van der Waals surface area contributed by atoms with Gasteiger partial charge in [0.15, 0.2) is 23.0 Å². The number of amides is 1. The summed E-state index contributed by atoms with van der Waals surface area (Å²) in [6.45, 7) is 3.43. The summed E-state index contributed by atoms with van der Waals surface area (Å²) < 4.78 is 22.4. The van der Waals surface area contributed by atoms with Gasteiger partial charge in [0, 0.05) is 12.1 Å². The smallest absolute Gasteiger partial charge is 0.295 e. The van der Waals surface area contributed by atoms with Crippen LogP contribution in [0, 0.1) is 0 Å². The van der Waals surface area contributed by atoms with Crippen molar-refractivity contribution in [3.05, 3.63) is 89.0 Å². The molecule has 3 aromatic rings. The lowest BCUT2D eigenvalue weighted by Crippen LogP contribution is -2.31. The average Bonchev–Trinajstić information content (AvgIpc) is 3.21. The van der Waals surface area contributed by atoms with Crippen molar-refractivity contribution >= 4 is 17.4 Å². The second kappa shape index (κ2) is 10.9. The number of hydrogen-bond acceptors (Lipinski definition) is 7. The van der Waals surface area contributed by atoms with E-state index in [-0.39, 0.29) is 17.9 Å². The minimum Gasteiger partial charge on any atom is -0.507 e. The third-order valence-corrected chi connectivity index (χ3v) is 6.64. The number of aliphatic hydroxyl groups excluding tert-OH is 1. The molecular weight excluding hydrogens is 486 g/mol. The van der Waals surface area contributed by atoms with Gasteiger partial charge in [0.1, 0.15) is 19.0 Å². The summed E-state index contributed by atoms with van der Waals surface area (Å²) in [5.41, 5.74) is 2.02. The Kier molecular flexibility index (Phi) is 7.22. The lowest BCUT2D eigenvalue weighted by Gasteiger charge is -2.26. The zero-order valence-electron chi connectivity index (χ0n) is 21.3. The van der Waals surface area contributed by atoms with Crippen molar-refractivity contribution in [3.63, 3.8) is 0 Å². The van der Waals surface area contributed by atoms with E-state index in [0.29, 0.717) is 60.4 Å². The summed E-state index contributed by atoms with van der Waals surface area (Å²) in [5.74, 6) is 0.354. The predicted molar refractivity (Wildman–Crippen MR) is 141 cm³/mol. The SMILES string of the molecule is CCOc1ccc([C@@H]2C(=C(O)c3ccc4c(c3)OCCO4)C(=O)C(=O)N2CCc2ccccc2)cc1OC. The van der Waals surface area contributed by atoms with E-state index in [1.165, 1.54) is 12.0 Å². The van der Waals surface area contributed by atoms with Crippen molar-refractivity contribution in [2.45, 2.75) is 19.4 Å². The van der Waals surface area contributed by atoms with Crippen molar-refractivity contribution in [2.24, 2.45) is 0 Å². The average molecular weight is 516 g/mol. The van der Waals surface area contributed by atoms with Crippen LogP contribution in [0.25, 0.3) is 5.76 Å². The molecule has 1 N–H and O–H groups in total. The van der Waals surface area contributed by atoms with Gasteiger partial charge < -0.3 is 29.0 Å². The highest BCUT2D eigenvalue weighted by molar-refractivity contribution is 6.46. The number of carbonyl (C=O) groups excluding carboxylic acids is 2. The molecular formula is C30H29NO7. The highest BCUT2D eigenvalue weighted by atomic mass is 16.6. The standard InChI is InChI=1S/C30H29NO7/c1-3-36-22-11-9-20(17-24(22)35-2)27-26(28(32)21-10-12-23-25(18-21)38-16-15-37-23)29(33)30(34)31(27)14-13-19-7-5-4-6-8-19/h4-12,17-18,27,32H,3,13-16H2,1-2H3/t27-/m1/s1. The fourth-order valence-corrected chi connectivity index (χ4v) is 4.83. The third kappa shape index (κ3) is 4.77. The maximum Gasteiger partial charge on any atom is 0.295 e. The molecule has 0 bridgehead atoms. The molecule has 38 heavy (non-hydrogen) atoms. The maximum atomic E-state index is 13.4. The van der Waals surface area contributed by atoms with Crippen LogP contribution in [0.4, 0.5) is 0 Å². The first-order valence-corrected chi connectivity index (χ1v) is 12.5. The quantitative estimate of drug-likeness (QED) is 0.268. The number of benzene rings is 3. The zero-order valence-corrected chi connectivity index (χ0v) is 21.3. The minimum absolute atomic E-state index is 0.00551. The Bertz CT molecular complexity index is 1380. The Balaban J connectivity index is 1.60. The number of Topliss-reactive ketones (excluding diaryl/α,β-unsaturated/α-hetero) is 1. The van der Waals surface area contributed by atoms with Crippen LogP contribution in [0.3, 0.4) is 0 Å². The number of aliphatic hydroxyl groups is 1. The van der Waals surface area contributed by atoms with Crippen molar-refractivity contribution in [1.82, 2.24) is 4.90 Å². The van der Waals surface area contributed by atoms with Gasteiger partial charge in [0.25, 0.3) is 11.7 Å². The second-order valence-corrected chi connectivity index (χ2v) is 8.93. The summed E-state index contributed by atoms with van der Waals surface area (Å²) in [5, 5.41) is 11.4. The normalized spacial score (nSPS) is 17.9. The van der Waals surface area contributed by atoms with Gasteiger partial charge in [0.2, 0.25) is 0 Å². The molecule has 0 radical (unpaired) electrons. The van der Waals surface area contributed by atoms with Crippen LogP contribution in [-0.2, 0) is 16.0 Å². The number of nitrogens with zero attached hydrogens (tertiary/aromatic N) is 1. The van der Waals surface area contributed by atoms with Crippen LogP contribution in [0.2, 0.25) is 0 Å². The monoisotopic (exact) mass is 515 g/mol. The molecule has 8 heteroatoms. The molecule has 0 spiro atoms. The van der Waals surface area contributed by atoms with E-state index in [9.17, 15) is 14.7 Å². The first-order valence-electron chi connectivity index (χ1n) is 12.5. The van der Waals surface area contributed by atoms with Gasteiger partial charge in [-0.2, -0.15) is 0 Å². The number of ketones is 1. The van der Waals surface area contributed by atoms with Crippen molar-refractivity contribution in [2.75, 3.05) is 33.5 Å². The number of rotatable bonds is 8. The van der Waals surface area contributed by atoms with E-state index >= 15 is 0 Å². The number of hydrogen-bond donors (Lipinski definition) is 1. The number of fused-ring (bicyclic) bond motifs is 1. The van der Waals surface area contributed by atoms with Gasteiger partial charge >= 0.3 is 0 Å². The Hall–Kier alpha value is -4.46. The summed E-state index contributed by atoms with van der Waals surface area (Å²) >= 11 is 0. The molecule has 2 aliphatic heterocycles. The van der Waals surface area contributed by atoms with Crippen molar-refractivity contribution < 1.29 is 33.6 Å². The van der Waals surface area contributed by atoms with Crippen LogP contribution in [0.1, 0.15) is 29.7 Å². The molecule has 8 nitrogen and oxygen atoms in total. The van der Waals surface area contributed by atoms with E-state index in [4.69, 9.17) is 18.9 Å². The van der Waals surface area contributed by atoms with Gasteiger partial charge in [-0.25, -0.2) is 0 Å². The van der Waals surface area contributed by atoms with Crippen LogP contribution < -0.4 is 18.9 Å². The van der Waals surface area contributed by atoms with Crippen molar-refractivity contribution in [1.29, 1.82) is 0 Å². The van der Waals surface area contributed by atoms with Gasteiger partial charge in [-0.3, -0.25) is 9.59 Å². The molecule has 1 fully saturated rings. The van der Waals surface area contributed by atoms with Crippen LogP contribution in [0.15, 0.2) is 72.3 Å². The van der Waals surface area contributed by atoms with Crippen LogP contribution in [-0.4, -0.2) is 55.2 Å². The molecule has 0 unspecified atom stereocenters.